The minimum Gasteiger partial charge on any atom is -0.389 e. The molecular formula is C18H27NO2. The van der Waals surface area contributed by atoms with Gasteiger partial charge in [-0.3, -0.25) is 0 Å². The van der Waals surface area contributed by atoms with Gasteiger partial charge in [0.05, 0.1) is 12.7 Å². The predicted molar refractivity (Wildman–Crippen MR) is 84.4 cm³/mol. The van der Waals surface area contributed by atoms with Crippen LogP contribution in [0.3, 0.4) is 0 Å². The summed E-state index contributed by atoms with van der Waals surface area (Å²) in [6.07, 6.45) is 5.91. The van der Waals surface area contributed by atoms with Crippen molar-refractivity contribution in [3.63, 3.8) is 0 Å². The van der Waals surface area contributed by atoms with Crippen LogP contribution in [0.25, 0.3) is 0 Å². The second-order valence-electron chi connectivity index (χ2n) is 6.65. The Morgan fingerprint density at radius 2 is 2.10 bits per heavy atom. The molecule has 0 aromatic heterocycles. The maximum atomic E-state index is 9.95. The molecule has 0 heterocycles. The maximum absolute atomic E-state index is 9.95. The summed E-state index contributed by atoms with van der Waals surface area (Å²) in [7, 11) is 0. The van der Waals surface area contributed by atoms with Crippen LogP contribution in [0.5, 0.6) is 0 Å². The summed E-state index contributed by atoms with van der Waals surface area (Å²) in [4.78, 5) is 0. The van der Waals surface area contributed by atoms with Crippen LogP contribution in [0.4, 0.5) is 0 Å². The SMILES string of the molecule is CC(NCC(O)COCC1CC1)c1ccc2c(c1)CCC2. The lowest BCUT2D eigenvalue weighted by molar-refractivity contribution is 0.0315. The minimum absolute atomic E-state index is 0.272. The molecule has 21 heavy (non-hydrogen) atoms. The number of fused-ring (bicyclic) bond motifs is 1. The Hall–Kier alpha value is -0.900. The first-order valence-electron chi connectivity index (χ1n) is 8.33. The highest BCUT2D eigenvalue weighted by Gasteiger charge is 2.21. The smallest absolute Gasteiger partial charge is 0.0897 e. The third kappa shape index (κ3) is 4.29. The Morgan fingerprint density at radius 1 is 1.29 bits per heavy atom. The van der Waals surface area contributed by atoms with Crippen molar-refractivity contribution in [2.24, 2.45) is 5.92 Å². The number of aliphatic hydroxyl groups excluding tert-OH is 1. The number of rotatable bonds is 8. The second kappa shape index (κ2) is 6.91. The zero-order valence-electron chi connectivity index (χ0n) is 13.0. The highest BCUT2D eigenvalue weighted by atomic mass is 16.5. The highest BCUT2D eigenvalue weighted by Crippen LogP contribution is 2.28. The van der Waals surface area contributed by atoms with E-state index < -0.39 is 6.10 Å². The molecule has 0 aliphatic heterocycles. The lowest BCUT2D eigenvalue weighted by Gasteiger charge is -2.18. The van der Waals surface area contributed by atoms with Gasteiger partial charge in [-0.1, -0.05) is 18.2 Å². The summed E-state index contributed by atoms with van der Waals surface area (Å²) < 4.78 is 5.53. The van der Waals surface area contributed by atoms with Gasteiger partial charge in [-0.25, -0.2) is 0 Å². The summed E-state index contributed by atoms with van der Waals surface area (Å²) >= 11 is 0. The van der Waals surface area contributed by atoms with E-state index in [2.05, 4.69) is 30.4 Å². The summed E-state index contributed by atoms with van der Waals surface area (Å²) in [5.41, 5.74) is 4.34. The van der Waals surface area contributed by atoms with E-state index in [4.69, 9.17) is 4.74 Å². The van der Waals surface area contributed by atoms with Crippen molar-refractivity contribution in [2.75, 3.05) is 19.8 Å². The van der Waals surface area contributed by atoms with E-state index in [-0.39, 0.29) is 6.04 Å². The van der Waals surface area contributed by atoms with Crippen molar-refractivity contribution in [1.29, 1.82) is 0 Å². The molecule has 3 nitrogen and oxygen atoms in total. The van der Waals surface area contributed by atoms with Crippen molar-refractivity contribution in [2.45, 2.75) is 51.2 Å². The predicted octanol–water partition coefficient (Wildman–Crippen LogP) is 2.61. The maximum Gasteiger partial charge on any atom is 0.0897 e. The monoisotopic (exact) mass is 289 g/mol. The van der Waals surface area contributed by atoms with Gasteiger partial charge in [-0.05, 0) is 61.6 Å². The Kier molecular flexibility index (Phi) is 4.94. The van der Waals surface area contributed by atoms with Gasteiger partial charge >= 0.3 is 0 Å². The van der Waals surface area contributed by atoms with Gasteiger partial charge in [0.25, 0.3) is 0 Å². The second-order valence-corrected chi connectivity index (χ2v) is 6.65. The first-order valence-corrected chi connectivity index (χ1v) is 8.33. The summed E-state index contributed by atoms with van der Waals surface area (Å²) in [6, 6.07) is 7.09. The van der Waals surface area contributed by atoms with Crippen molar-refractivity contribution in [3.05, 3.63) is 34.9 Å². The van der Waals surface area contributed by atoms with Gasteiger partial charge in [0.2, 0.25) is 0 Å². The number of nitrogens with one attached hydrogen (secondary N) is 1. The molecule has 2 N–H and O–H groups in total. The average Bonchev–Trinajstić information content (AvgIpc) is 3.19. The van der Waals surface area contributed by atoms with E-state index in [0.717, 1.165) is 12.5 Å². The van der Waals surface area contributed by atoms with Gasteiger partial charge in [-0.2, -0.15) is 0 Å². The van der Waals surface area contributed by atoms with E-state index in [9.17, 15) is 5.11 Å². The topological polar surface area (TPSA) is 41.5 Å². The molecule has 1 aromatic rings. The first-order chi connectivity index (χ1) is 10.2. The third-order valence-corrected chi connectivity index (χ3v) is 4.64. The minimum atomic E-state index is -0.416. The fourth-order valence-corrected chi connectivity index (χ4v) is 3.01. The fourth-order valence-electron chi connectivity index (χ4n) is 3.01. The van der Waals surface area contributed by atoms with Crippen LogP contribution in [0.1, 0.15) is 48.9 Å². The molecule has 0 spiro atoms. The van der Waals surface area contributed by atoms with Crippen molar-refractivity contribution >= 4 is 0 Å². The number of aryl methyl sites for hydroxylation is 2. The molecule has 116 valence electrons. The highest BCUT2D eigenvalue weighted by molar-refractivity contribution is 5.36. The van der Waals surface area contributed by atoms with Gasteiger partial charge in [0, 0.05) is 19.2 Å². The molecule has 3 rings (SSSR count). The van der Waals surface area contributed by atoms with E-state index in [1.54, 1.807) is 0 Å². The molecule has 0 radical (unpaired) electrons. The first kappa shape index (κ1) is 15.0. The lowest BCUT2D eigenvalue weighted by atomic mass is 10.0. The van der Waals surface area contributed by atoms with Gasteiger partial charge in [-0.15, -0.1) is 0 Å². The van der Waals surface area contributed by atoms with Gasteiger partial charge < -0.3 is 15.2 Å². The Morgan fingerprint density at radius 3 is 2.90 bits per heavy atom. The molecule has 1 fully saturated rings. The van der Waals surface area contributed by atoms with Crippen LogP contribution in [-0.2, 0) is 17.6 Å². The van der Waals surface area contributed by atoms with E-state index in [1.807, 2.05) is 0 Å². The molecule has 0 bridgehead atoms. The van der Waals surface area contributed by atoms with Crippen LogP contribution in [-0.4, -0.2) is 31.0 Å². The molecular weight excluding hydrogens is 262 g/mol. The molecule has 2 aliphatic rings. The quantitative estimate of drug-likeness (QED) is 0.773. The van der Waals surface area contributed by atoms with Crippen molar-refractivity contribution in [1.82, 2.24) is 5.32 Å². The number of aliphatic hydroxyl groups is 1. The Labute approximate surface area is 127 Å². The number of hydrogen-bond donors (Lipinski definition) is 2. The summed E-state index contributed by atoms with van der Waals surface area (Å²) in [6.45, 7) is 4.01. The van der Waals surface area contributed by atoms with Crippen molar-refractivity contribution < 1.29 is 9.84 Å². The number of hydrogen-bond acceptors (Lipinski definition) is 3. The van der Waals surface area contributed by atoms with Crippen LogP contribution in [0, 0.1) is 5.92 Å². The number of ether oxygens (including phenoxy) is 1. The largest absolute Gasteiger partial charge is 0.389 e. The molecule has 1 saturated carbocycles. The zero-order chi connectivity index (χ0) is 14.7. The Balaban J connectivity index is 1.41. The molecule has 0 amide bonds. The van der Waals surface area contributed by atoms with Gasteiger partial charge in [0.1, 0.15) is 0 Å². The number of benzene rings is 1. The van der Waals surface area contributed by atoms with E-state index >= 15 is 0 Å². The average molecular weight is 289 g/mol. The molecule has 2 unspecified atom stereocenters. The molecule has 2 atom stereocenters. The standard InChI is InChI=1S/C18H27NO2/c1-13(16-8-7-15-3-2-4-17(15)9-16)19-10-18(20)12-21-11-14-5-6-14/h7-9,13-14,18-20H,2-6,10-12H2,1H3. The summed E-state index contributed by atoms with van der Waals surface area (Å²) in [5, 5.41) is 13.4. The zero-order valence-corrected chi connectivity index (χ0v) is 13.0. The van der Waals surface area contributed by atoms with E-state index in [0.29, 0.717) is 13.2 Å². The molecule has 3 heteroatoms. The van der Waals surface area contributed by atoms with Crippen LogP contribution < -0.4 is 5.32 Å². The third-order valence-electron chi connectivity index (χ3n) is 4.64. The van der Waals surface area contributed by atoms with Gasteiger partial charge in [0.15, 0.2) is 0 Å². The molecule has 2 aliphatic carbocycles. The molecule has 0 saturated heterocycles. The van der Waals surface area contributed by atoms with E-state index in [1.165, 1.54) is 48.8 Å². The normalized spacial score (nSPS) is 20.3. The molecule has 1 aromatic carbocycles. The van der Waals surface area contributed by atoms with Crippen LogP contribution in [0.2, 0.25) is 0 Å². The fraction of sp³-hybridized carbons (Fsp3) is 0.667. The van der Waals surface area contributed by atoms with Crippen LogP contribution in [0.15, 0.2) is 18.2 Å². The lowest BCUT2D eigenvalue weighted by Crippen LogP contribution is -2.32. The Bertz CT molecular complexity index is 470. The van der Waals surface area contributed by atoms with Crippen molar-refractivity contribution in [3.8, 4) is 0 Å². The summed E-state index contributed by atoms with van der Waals surface area (Å²) in [5.74, 6) is 0.760. The van der Waals surface area contributed by atoms with Crippen LogP contribution >= 0.6 is 0 Å².